The minimum atomic E-state index is -3.20. The van der Waals surface area contributed by atoms with Crippen molar-refractivity contribution in [3.8, 4) is 17.2 Å². The monoisotopic (exact) mass is 557 g/mol. The van der Waals surface area contributed by atoms with Crippen LogP contribution in [0.15, 0.2) is 54.9 Å². The van der Waals surface area contributed by atoms with E-state index in [0.717, 1.165) is 5.56 Å². The lowest BCUT2D eigenvalue weighted by molar-refractivity contribution is -0.0502. The van der Waals surface area contributed by atoms with Crippen LogP contribution in [0.1, 0.15) is 48.1 Å². The van der Waals surface area contributed by atoms with E-state index in [-0.39, 0.29) is 34.0 Å². The standard InChI is InChI=1S/C28H33F2N5O5/c1-16(28(2,3)37)39-22-15-34-24(35-25(22)33-14-17-9-7-6-8-10-17)19(13-31)18-11-20(38-5)23(26(36)32-4)21(12-18)40-27(29)30/h6-13,15-16,27,37H,14,31H2,1-5H3,(H,32,36)(H,33,34,35)/b19-13-. The molecule has 0 aliphatic carbocycles. The molecule has 10 nitrogen and oxygen atoms in total. The molecular formula is C28H33F2N5O5. The van der Waals surface area contributed by atoms with Crippen LogP contribution < -0.4 is 30.6 Å². The van der Waals surface area contributed by atoms with Gasteiger partial charge in [-0.3, -0.25) is 4.79 Å². The number of ether oxygens (including phenoxy) is 3. The van der Waals surface area contributed by atoms with Crippen molar-refractivity contribution in [2.75, 3.05) is 19.5 Å². The molecule has 0 bridgehead atoms. The SMILES string of the molecule is CNC(=O)c1c(OC)cc(/C(=C/N)c2ncc(OC(C)C(C)(C)O)c(NCc3ccccc3)n2)cc1OC(F)F. The van der Waals surface area contributed by atoms with Crippen LogP contribution >= 0.6 is 0 Å². The first-order chi connectivity index (χ1) is 19.0. The zero-order valence-corrected chi connectivity index (χ0v) is 22.9. The number of aromatic nitrogens is 2. The van der Waals surface area contributed by atoms with Crippen molar-refractivity contribution in [2.24, 2.45) is 5.73 Å². The summed E-state index contributed by atoms with van der Waals surface area (Å²) in [5.41, 5.74) is 6.08. The molecule has 1 atom stereocenters. The Bertz CT molecular complexity index is 1350. The van der Waals surface area contributed by atoms with E-state index in [4.69, 9.17) is 15.2 Å². The molecule has 12 heteroatoms. The number of benzene rings is 2. The molecule has 1 aromatic heterocycles. The van der Waals surface area contributed by atoms with Crippen molar-refractivity contribution in [1.29, 1.82) is 0 Å². The third-order valence-corrected chi connectivity index (χ3v) is 6.03. The Morgan fingerprint density at radius 3 is 2.40 bits per heavy atom. The lowest BCUT2D eigenvalue weighted by Gasteiger charge is -2.27. The van der Waals surface area contributed by atoms with Gasteiger partial charge < -0.3 is 35.7 Å². The van der Waals surface area contributed by atoms with Crippen molar-refractivity contribution in [1.82, 2.24) is 15.3 Å². The van der Waals surface area contributed by atoms with Gasteiger partial charge in [-0.05, 0) is 44.0 Å². The van der Waals surface area contributed by atoms with Crippen LogP contribution in [0, 0.1) is 0 Å². The predicted octanol–water partition coefficient (Wildman–Crippen LogP) is 3.94. The van der Waals surface area contributed by atoms with Crippen molar-refractivity contribution in [3.63, 3.8) is 0 Å². The van der Waals surface area contributed by atoms with Gasteiger partial charge in [0.2, 0.25) is 0 Å². The largest absolute Gasteiger partial charge is 0.496 e. The summed E-state index contributed by atoms with van der Waals surface area (Å²) in [4.78, 5) is 21.4. The summed E-state index contributed by atoms with van der Waals surface area (Å²) < 4.78 is 42.4. The Morgan fingerprint density at radius 2 is 1.82 bits per heavy atom. The Labute approximate surface area is 231 Å². The highest BCUT2D eigenvalue weighted by Crippen LogP contribution is 2.36. The second-order valence-corrected chi connectivity index (χ2v) is 9.25. The van der Waals surface area contributed by atoms with Crippen LogP contribution in [0.2, 0.25) is 0 Å². The zero-order valence-electron chi connectivity index (χ0n) is 22.9. The molecule has 0 aliphatic rings. The van der Waals surface area contributed by atoms with Crippen molar-refractivity contribution in [3.05, 3.63) is 77.4 Å². The number of aliphatic hydroxyl groups is 1. The minimum absolute atomic E-state index is 0.0202. The number of alkyl halides is 2. The maximum atomic E-state index is 13.3. The number of amides is 1. The number of nitrogens with one attached hydrogen (secondary N) is 2. The van der Waals surface area contributed by atoms with E-state index in [1.165, 1.54) is 38.7 Å². The molecule has 0 saturated carbocycles. The van der Waals surface area contributed by atoms with Gasteiger partial charge >= 0.3 is 6.61 Å². The molecule has 0 radical (unpaired) electrons. The number of methoxy groups -OCH3 is 1. The fourth-order valence-corrected chi connectivity index (χ4v) is 3.57. The van der Waals surface area contributed by atoms with Crippen LogP contribution in [0.25, 0.3) is 5.57 Å². The Morgan fingerprint density at radius 1 is 1.15 bits per heavy atom. The Kier molecular flexibility index (Phi) is 9.83. The van der Waals surface area contributed by atoms with Gasteiger partial charge in [0.25, 0.3) is 5.91 Å². The van der Waals surface area contributed by atoms with Gasteiger partial charge in [-0.2, -0.15) is 8.78 Å². The molecule has 0 fully saturated rings. The molecule has 214 valence electrons. The van der Waals surface area contributed by atoms with Crippen molar-refractivity contribution < 1.29 is 32.9 Å². The zero-order chi connectivity index (χ0) is 29.4. The van der Waals surface area contributed by atoms with E-state index < -0.39 is 30.0 Å². The summed E-state index contributed by atoms with van der Waals surface area (Å²) in [6.07, 6.45) is 2.02. The normalized spacial score (nSPS) is 12.6. The van der Waals surface area contributed by atoms with Gasteiger partial charge in [-0.1, -0.05) is 30.3 Å². The quantitative estimate of drug-likeness (QED) is 0.261. The highest BCUT2D eigenvalue weighted by atomic mass is 19.3. The van der Waals surface area contributed by atoms with Crippen molar-refractivity contribution in [2.45, 2.75) is 45.6 Å². The molecule has 0 aliphatic heterocycles. The number of halogens is 2. The maximum absolute atomic E-state index is 13.3. The molecule has 5 N–H and O–H groups in total. The van der Waals surface area contributed by atoms with E-state index in [0.29, 0.717) is 12.4 Å². The van der Waals surface area contributed by atoms with Crippen LogP contribution in [-0.2, 0) is 6.54 Å². The number of hydrogen-bond donors (Lipinski definition) is 4. The average molecular weight is 558 g/mol. The molecular weight excluding hydrogens is 524 g/mol. The lowest BCUT2D eigenvalue weighted by Crippen LogP contribution is -2.38. The summed E-state index contributed by atoms with van der Waals surface area (Å²) in [5.74, 6) is -0.401. The molecule has 0 spiro atoms. The van der Waals surface area contributed by atoms with Gasteiger partial charge in [-0.15, -0.1) is 0 Å². The first-order valence-electron chi connectivity index (χ1n) is 12.3. The molecule has 40 heavy (non-hydrogen) atoms. The second kappa shape index (κ2) is 13.1. The van der Waals surface area contributed by atoms with Gasteiger partial charge in [0.05, 0.1) is 18.9 Å². The lowest BCUT2D eigenvalue weighted by atomic mass is 10.0. The first kappa shape index (κ1) is 30.1. The van der Waals surface area contributed by atoms with Crippen molar-refractivity contribution >= 4 is 17.3 Å². The summed E-state index contributed by atoms with van der Waals surface area (Å²) in [5, 5.41) is 16.0. The van der Waals surface area contributed by atoms with Gasteiger partial charge in [0, 0.05) is 25.4 Å². The minimum Gasteiger partial charge on any atom is -0.496 e. The molecule has 3 rings (SSSR count). The summed E-state index contributed by atoms with van der Waals surface area (Å²) in [6.45, 7) is 2.15. The van der Waals surface area contributed by atoms with E-state index in [1.807, 2.05) is 30.3 Å². The fourth-order valence-electron chi connectivity index (χ4n) is 3.57. The van der Waals surface area contributed by atoms with E-state index >= 15 is 0 Å². The Balaban J connectivity index is 2.09. The number of nitrogens with zero attached hydrogens (tertiary/aromatic N) is 2. The van der Waals surface area contributed by atoms with E-state index in [9.17, 15) is 18.7 Å². The summed E-state index contributed by atoms with van der Waals surface area (Å²) in [6, 6.07) is 12.3. The number of carbonyl (C=O) groups is 1. The molecule has 2 aromatic carbocycles. The molecule has 1 amide bonds. The third-order valence-electron chi connectivity index (χ3n) is 6.03. The number of rotatable bonds is 12. The average Bonchev–Trinajstić information content (AvgIpc) is 2.92. The second-order valence-electron chi connectivity index (χ2n) is 9.25. The third kappa shape index (κ3) is 7.35. The fraction of sp³-hybridized carbons (Fsp3) is 0.321. The Hall–Kier alpha value is -4.45. The number of carbonyl (C=O) groups excluding carboxylic acids is 1. The number of hydrogen-bond acceptors (Lipinski definition) is 9. The molecule has 3 aromatic rings. The molecule has 1 heterocycles. The number of anilines is 1. The van der Waals surface area contributed by atoms with E-state index in [2.05, 4.69) is 25.3 Å². The summed E-state index contributed by atoms with van der Waals surface area (Å²) >= 11 is 0. The van der Waals surface area contributed by atoms with Gasteiger partial charge in [0.1, 0.15) is 23.2 Å². The van der Waals surface area contributed by atoms with E-state index in [1.54, 1.807) is 20.8 Å². The van der Waals surface area contributed by atoms with Crippen LogP contribution in [-0.4, -0.2) is 53.5 Å². The van der Waals surface area contributed by atoms with Gasteiger partial charge in [0.15, 0.2) is 17.4 Å². The predicted molar refractivity (Wildman–Crippen MR) is 146 cm³/mol. The first-order valence-corrected chi connectivity index (χ1v) is 12.3. The van der Waals surface area contributed by atoms with Gasteiger partial charge in [-0.25, -0.2) is 9.97 Å². The number of nitrogens with two attached hydrogens (primary N) is 1. The molecule has 0 saturated heterocycles. The maximum Gasteiger partial charge on any atom is 0.387 e. The highest BCUT2D eigenvalue weighted by Gasteiger charge is 2.27. The highest BCUT2D eigenvalue weighted by molar-refractivity contribution is 6.00. The van der Waals surface area contributed by atoms with Crippen LogP contribution in [0.4, 0.5) is 14.6 Å². The van der Waals surface area contributed by atoms with Crippen LogP contribution in [0.5, 0.6) is 17.2 Å². The smallest absolute Gasteiger partial charge is 0.387 e. The topological polar surface area (TPSA) is 141 Å². The van der Waals surface area contributed by atoms with Crippen LogP contribution in [0.3, 0.4) is 0 Å². The summed E-state index contributed by atoms with van der Waals surface area (Å²) in [7, 11) is 2.65. The molecule has 1 unspecified atom stereocenters.